The lowest BCUT2D eigenvalue weighted by molar-refractivity contribution is -0.286. The zero-order valence-corrected chi connectivity index (χ0v) is 12.6. The molecular formula is C16H12F2N2O4. The number of carbonyl (C=O) groups is 1. The van der Waals surface area contributed by atoms with Crippen LogP contribution in [0.25, 0.3) is 11.1 Å². The van der Waals surface area contributed by atoms with Crippen LogP contribution < -0.4 is 9.47 Å². The maximum atomic E-state index is 13.3. The van der Waals surface area contributed by atoms with Crippen LogP contribution in [0.5, 0.6) is 11.5 Å². The number of benzene rings is 1. The number of hydrogen-bond acceptors (Lipinski definition) is 5. The Bertz CT molecular complexity index is 839. The van der Waals surface area contributed by atoms with E-state index in [1.807, 2.05) is 6.07 Å². The van der Waals surface area contributed by atoms with Gasteiger partial charge in [0.2, 0.25) is 0 Å². The van der Waals surface area contributed by atoms with Gasteiger partial charge in [-0.2, -0.15) is 5.26 Å². The number of aromatic nitrogens is 1. The van der Waals surface area contributed by atoms with E-state index >= 15 is 0 Å². The number of nitriles is 1. The molecular weight excluding hydrogens is 322 g/mol. The van der Waals surface area contributed by atoms with Crippen molar-refractivity contribution >= 4 is 5.97 Å². The predicted octanol–water partition coefficient (Wildman–Crippen LogP) is 2.91. The SMILES string of the molecule is COC(=O)CCn1cc(C#N)c(-c2cccc3c2OC(F)(F)O3)c1. The Hall–Kier alpha value is -3.08. The minimum Gasteiger partial charge on any atom is -0.469 e. The van der Waals surface area contributed by atoms with Crippen molar-refractivity contribution in [2.75, 3.05) is 7.11 Å². The smallest absolute Gasteiger partial charge is 0.469 e. The number of carbonyl (C=O) groups excluding carboxylic acids is 1. The molecule has 1 aromatic heterocycles. The molecule has 0 saturated heterocycles. The summed E-state index contributed by atoms with van der Waals surface area (Å²) < 4.78 is 41.8. The fourth-order valence-electron chi connectivity index (χ4n) is 2.44. The molecule has 0 bridgehead atoms. The van der Waals surface area contributed by atoms with Gasteiger partial charge in [-0.05, 0) is 6.07 Å². The highest BCUT2D eigenvalue weighted by molar-refractivity contribution is 5.78. The van der Waals surface area contributed by atoms with E-state index in [-0.39, 0.29) is 29.5 Å². The molecule has 0 unspecified atom stereocenters. The summed E-state index contributed by atoms with van der Waals surface area (Å²) in [7, 11) is 1.29. The summed E-state index contributed by atoms with van der Waals surface area (Å²) in [6.07, 6.45) is -0.485. The average molecular weight is 334 g/mol. The Labute approximate surface area is 135 Å². The molecule has 2 heterocycles. The highest BCUT2D eigenvalue weighted by Crippen LogP contribution is 2.47. The lowest BCUT2D eigenvalue weighted by Crippen LogP contribution is -2.26. The van der Waals surface area contributed by atoms with Gasteiger partial charge >= 0.3 is 12.3 Å². The zero-order valence-electron chi connectivity index (χ0n) is 12.6. The Morgan fingerprint density at radius 1 is 1.33 bits per heavy atom. The minimum absolute atomic E-state index is 0.0938. The van der Waals surface area contributed by atoms with Gasteiger partial charge in [0.05, 0.1) is 19.1 Å². The van der Waals surface area contributed by atoms with Crippen molar-refractivity contribution in [3.8, 4) is 28.7 Å². The number of aryl methyl sites for hydroxylation is 1. The number of para-hydroxylation sites is 1. The van der Waals surface area contributed by atoms with Crippen LogP contribution in [-0.2, 0) is 16.1 Å². The molecule has 0 N–H and O–H groups in total. The second kappa shape index (κ2) is 5.85. The van der Waals surface area contributed by atoms with Crippen LogP contribution in [0, 0.1) is 11.3 Å². The van der Waals surface area contributed by atoms with Gasteiger partial charge in [0.1, 0.15) is 6.07 Å². The van der Waals surface area contributed by atoms with Crippen molar-refractivity contribution < 1.29 is 27.8 Å². The average Bonchev–Trinajstić information content (AvgIpc) is 3.10. The van der Waals surface area contributed by atoms with Gasteiger partial charge in [-0.1, -0.05) is 12.1 Å². The van der Waals surface area contributed by atoms with Crippen molar-refractivity contribution in [1.29, 1.82) is 5.26 Å². The van der Waals surface area contributed by atoms with Gasteiger partial charge in [0.15, 0.2) is 11.5 Å². The van der Waals surface area contributed by atoms with E-state index < -0.39 is 6.29 Å². The summed E-state index contributed by atoms with van der Waals surface area (Å²) in [6.45, 7) is 0.296. The molecule has 24 heavy (non-hydrogen) atoms. The fourth-order valence-corrected chi connectivity index (χ4v) is 2.44. The van der Waals surface area contributed by atoms with Crippen molar-refractivity contribution in [3.63, 3.8) is 0 Å². The van der Waals surface area contributed by atoms with Gasteiger partial charge in [0, 0.05) is 30.1 Å². The van der Waals surface area contributed by atoms with E-state index in [0.29, 0.717) is 17.7 Å². The number of methoxy groups -OCH3 is 1. The Morgan fingerprint density at radius 2 is 2.12 bits per heavy atom. The molecule has 0 fully saturated rings. The van der Waals surface area contributed by atoms with Gasteiger partial charge in [-0.15, -0.1) is 8.78 Å². The molecule has 1 aliphatic rings. The number of nitrogens with zero attached hydrogens (tertiary/aromatic N) is 2. The fraction of sp³-hybridized carbons (Fsp3) is 0.250. The zero-order chi connectivity index (χ0) is 17.3. The van der Waals surface area contributed by atoms with Gasteiger partial charge < -0.3 is 18.8 Å². The van der Waals surface area contributed by atoms with Gasteiger partial charge in [-0.3, -0.25) is 4.79 Å². The van der Waals surface area contributed by atoms with Crippen molar-refractivity contribution in [2.24, 2.45) is 0 Å². The number of esters is 1. The Balaban J connectivity index is 1.97. The molecule has 1 aromatic carbocycles. The first-order valence-corrected chi connectivity index (χ1v) is 6.99. The Morgan fingerprint density at radius 3 is 2.83 bits per heavy atom. The molecule has 124 valence electrons. The molecule has 0 atom stereocenters. The number of hydrogen-bond donors (Lipinski definition) is 0. The molecule has 0 radical (unpaired) electrons. The summed E-state index contributed by atoms with van der Waals surface area (Å²) in [5.41, 5.74) is 1.01. The lowest BCUT2D eigenvalue weighted by atomic mass is 10.0. The molecule has 3 rings (SSSR count). The number of ether oxygens (including phenoxy) is 3. The number of alkyl halides is 2. The second-order valence-electron chi connectivity index (χ2n) is 5.06. The molecule has 2 aromatic rings. The van der Waals surface area contributed by atoms with Crippen LogP contribution in [0.4, 0.5) is 8.78 Å². The quantitative estimate of drug-likeness (QED) is 0.804. The molecule has 1 aliphatic heterocycles. The number of halogens is 2. The Kier molecular flexibility index (Phi) is 3.85. The summed E-state index contributed by atoms with van der Waals surface area (Å²) in [6, 6.07) is 6.46. The van der Waals surface area contributed by atoms with Crippen LogP contribution in [-0.4, -0.2) is 23.9 Å². The largest absolute Gasteiger partial charge is 0.586 e. The van der Waals surface area contributed by atoms with Crippen LogP contribution in [0.2, 0.25) is 0 Å². The van der Waals surface area contributed by atoms with Crippen molar-refractivity contribution in [3.05, 3.63) is 36.2 Å². The minimum atomic E-state index is -3.74. The topological polar surface area (TPSA) is 73.5 Å². The molecule has 8 heteroatoms. The monoisotopic (exact) mass is 334 g/mol. The molecule has 0 aliphatic carbocycles. The summed E-state index contributed by atoms with van der Waals surface area (Å²) >= 11 is 0. The molecule has 0 spiro atoms. The third-order valence-corrected chi connectivity index (χ3v) is 3.52. The normalized spacial score (nSPS) is 14.2. The van der Waals surface area contributed by atoms with Crippen LogP contribution in [0.1, 0.15) is 12.0 Å². The van der Waals surface area contributed by atoms with E-state index in [1.54, 1.807) is 16.8 Å². The van der Waals surface area contributed by atoms with E-state index in [0.717, 1.165) is 0 Å². The summed E-state index contributed by atoms with van der Waals surface area (Å²) in [4.78, 5) is 11.2. The van der Waals surface area contributed by atoms with Gasteiger partial charge in [-0.25, -0.2) is 0 Å². The first kappa shape index (κ1) is 15.8. The van der Waals surface area contributed by atoms with E-state index in [4.69, 9.17) is 0 Å². The summed E-state index contributed by atoms with van der Waals surface area (Å²) in [5, 5.41) is 9.29. The van der Waals surface area contributed by atoms with E-state index in [2.05, 4.69) is 14.2 Å². The van der Waals surface area contributed by atoms with Gasteiger partial charge in [0.25, 0.3) is 0 Å². The first-order valence-electron chi connectivity index (χ1n) is 6.99. The molecule has 0 saturated carbocycles. The van der Waals surface area contributed by atoms with Crippen LogP contribution in [0.15, 0.2) is 30.6 Å². The van der Waals surface area contributed by atoms with Crippen LogP contribution in [0.3, 0.4) is 0 Å². The third-order valence-electron chi connectivity index (χ3n) is 3.52. The van der Waals surface area contributed by atoms with E-state index in [1.165, 1.54) is 25.4 Å². The number of rotatable bonds is 4. The number of fused-ring (bicyclic) bond motifs is 1. The maximum absolute atomic E-state index is 13.3. The predicted molar refractivity (Wildman–Crippen MR) is 77.4 cm³/mol. The highest BCUT2D eigenvalue weighted by Gasteiger charge is 2.44. The first-order chi connectivity index (χ1) is 11.4. The van der Waals surface area contributed by atoms with Crippen molar-refractivity contribution in [2.45, 2.75) is 19.3 Å². The highest BCUT2D eigenvalue weighted by atomic mass is 19.3. The maximum Gasteiger partial charge on any atom is 0.586 e. The lowest BCUT2D eigenvalue weighted by Gasteiger charge is -2.06. The third kappa shape index (κ3) is 2.88. The molecule has 0 amide bonds. The van der Waals surface area contributed by atoms with Crippen molar-refractivity contribution in [1.82, 2.24) is 4.57 Å². The second-order valence-corrected chi connectivity index (χ2v) is 5.06. The summed E-state index contributed by atoms with van der Waals surface area (Å²) in [5.74, 6) is -0.603. The van der Waals surface area contributed by atoms with E-state index in [9.17, 15) is 18.8 Å². The van der Waals surface area contributed by atoms with Crippen LogP contribution >= 0.6 is 0 Å². The molecule has 6 nitrogen and oxygen atoms in total. The standard InChI is InChI=1S/C16H12F2N2O4/c1-22-14(21)5-6-20-8-10(7-19)12(9-20)11-3-2-4-13-15(11)24-16(17,18)23-13/h2-4,8-9H,5-6H2,1H3.